The van der Waals surface area contributed by atoms with E-state index in [4.69, 9.17) is 5.26 Å². The minimum atomic E-state index is 0.462. The lowest BCUT2D eigenvalue weighted by Gasteiger charge is -2.08. The molecule has 2 aromatic rings. The summed E-state index contributed by atoms with van der Waals surface area (Å²) < 4.78 is 5.64. The second-order valence-electron chi connectivity index (χ2n) is 3.30. The van der Waals surface area contributed by atoms with Gasteiger partial charge in [-0.05, 0) is 63.7 Å². The molecule has 0 aliphatic carbocycles. The van der Waals surface area contributed by atoms with Crippen molar-refractivity contribution in [1.29, 1.82) is 5.26 Å². The van der Waals surface area contributed by atoms with Gasteiger partial charge in [-0.25, -0.2) is 4.98 Å². The summed E-state index contributed by atoms with van der Waals surface area (Å²) in [5, 5.41) is 8.64. The van der Waals surface area contributed by atoms with Crippen LogP contribution in [-0.2, 0) is 6.54 Å². The second-order valence-corrected chi connectivity index (χ2v) is 6.47. The first kappa shape index (κ1) is 13.5. The lowest BCUT2D eigenvalue weighted by Crippen LogP contribution is -1.96. The van der Waals surface area contributed by atoms with Gasteiger partial charge in [0.15, 0.2) is 0 Å². The maximum absolute atomic E-state index is 8.64. The minimum Gasteiger partial charge on any atom is -0.329 e. The van der Waals surface area contributed by atoms with Crippen LogP contribution < -0.4 is 0 Å². The molecule has 0 unspecified atom stereocenters. The standard InChI is InChI=1S/C10H5Br4N3/c11-5-6(12)8(14)10-9(7(5)13)16-4-17(10)3-1-2-15/h4H,1,3H2. The van der Waals surface area contributed by atoms with Crippen LogP contribution in [0.4, 0.5) is 0 Å². The molecule has 0 spiro atoms. The molecule has 17 heavy (non-hydrogen) atoms. The molecule has 1 aromatic heterocycles. The molecule has 0 atom stereocenters. The summed E-state index contributed by atoms with van der Waals surface area (Å²) in [5.74, 6) is 0. The number of imidazole rings is 1. The van der Waals surface area contributed by atoms with E-state index < -0.39 is 0 Å². The number of aryl methyl sites for hydroxylation is 1. The highest BCUT2D eigenvalue weighted by Crippen LogP contribution is 2.42. The Bertz CT molecular complexity index is 627. The van der Waals surface area contributed by atoms with Crippen LogP contribution >= 0.6 is 63.7 Å². The molecule has 1 heterocycles. The maximum Gasteiger partial charge on any atom is 0.105 e. The van der Waals surface area contributed by atoms with E-state index in [0.717, 1.165) is 28.9 Å². The predicted octanol–water partition coefficient (Wildman–Crippen LogP) is 5.00. The lowest BCUT2D eigenvalue weighted by atomic mass is 10.3. The quantitative estimate of drug-likeness (QED) is 0.443. The molecule has 0 aliphatic heterocycles. The summed E-state index contributed by atoms with van der Waals surface area (Å²) in [6, 6.07) is 2.13. The summed E-state index contributed by atoms with van der Waals surface area (Å²) in [7, 11) is 0. The summed E-state index contributed by atoms with van der Waals surface area (Å²) in [6.07, 6.45) is 2.21. The van der Waals surface area contributed by atoms with Gasteiger partial charge in [-0.3, -0.25) is 0 Å². The Balaban J connectivity index is 2.73. The Hall–Kier alpha value is 0.100. The van der Waals surface area contributed by atoms with Gasteiger partial charge in [0.1, 0.15) is 5.52 Å². The molecular formula is C10H5Br4N3. The van der Waals surface area contributed by atoms with Gasteiger partial charge < -0.3 is 4.57 Å². The summed E-state index contributed by atoms with van der Waals surface area (Å²) in [4.78, 5) is 4.36. The van der Waals surface area contributed by atoms with Gasteiger partial charge in [-0.2, -0.15) is 5.26 Å². The van der Waals surface area contributed by atoms with E-state index in [1.54, 1.807) is 6.33 Å². The number of fused-ring (bicyclic) bond motifs is 1. The molecule has 0 saturated carbocycles. The molecule has 3 nitrogen and oxygen atoms in total. The number of rotatable bonds is 2. The van der Waals surface area contributed by atoms with Gasteiger partial charge in [0, 0.05) is 15.5 Å². The van der Waals surface area contributed by atoms with Crippen molar-refractivity contribution in [3.63, 3.8) is 0 Å². The van der Waals surface area contributed by atoms with E-state index in [1.807, 2.05) is 4.57 Å². The van der Waals surface area contributed by atoms with Gasteiger partial charge >= 0.3 is 0 Å². The van der Waals surface area contributed by atoms with E-state index in [2.05, 4.69) is 74.8 Å². The molecule has 0 bridgehead atoms. The Kier molecular flexibility index (Phi) is 4.29. The van der Waals surface area contributed by atoms with Crippen LogP contribution in [0.2, 0.25) is 0 Å². The van der Waals surface area contributed by atoms with E-state index >= 15 is 0 Å². The average Bonchev–Trinajstić information content (AvgIpc) is 2.75. The zero-order valence-corrected chi connectivity index (χ0v) is 14.7. The highest BCUT2D eigenvalue weighted by atomic mass is 79.9. The second kappa shape index (κ2) is 5.39. The van der Waals surface area contributed by atoms with Gasteiger partial charge in [-0.1, -0.05) is 0 Å². The number of halogens is 4. The van der Waals surface area contributed by atoms with Crippen LogP contribution in [0.15, 0.2) is 24.2 Å². The van der Waals surface area contributed by atoms with Crippen molar-refractivity contribution < 1.29 is 0 Å². The normalized spacial score (nSPS) is 10.8. The molecule has 0 N–H and O–H groups in total. The predicted molar refractivity (Wildman–Crippen MR) is 80.8 cm³/mol. The first-order valence-electron chi connectivity index (χ1n) is 4.61. The Morgan fingerprint density at radius 1 is 1.12 bits per heavy atom. The van der Waals surface area contributed by atoms with Crippen LogP contribution in [0, 0.1) is 11.3 Å². The Morgan fingerprint density at radius 2 is 1.76 bits per heavy atom. The highest BCUT2D eigenvalue weighted by molar-refractivity contribution is 9.15. The van der Waals surface area contributed by atoms with Crippen molar-refractivity contribution in [2.75, 3.05) is 0 Å². The van der Waals surface area contributed by atoms with Crippen molar-refractivity contribution in [1.82, 2.24) is 9.55 Å². The highest BCUT2D eigenvalue weighted by Gasteiger charge is 2.17. The van der Waals surface area contributed by atoms with Crippen molar-refractivity contribution in [3.8, 4) is 6.07 Å². The Morgan fingerprint density at radius 3 is 2.41 bits per heavy atom. The van der Waals surface area contributed by atoms with Crippen molar-refractivity contribution in [3.05, 3.63) is 24.2 Å². The van der Waals surface area contributed by atoms with Gasteiger partial charge in [0.05, 0.1) is 33.3 Å². The fraction of sp³-hybridized carbons (Fsp3) is 0.200. The fourth-order valence-electron chi connectivity index (χ4n) is 1.51. The molecule has 0 radical (unpaired) electrons. The van der Waals surface area contributed by atoms with Gasteiger partial charge in [0.2, 0.25) is 0 Å². The first-order valence-corrected chi connectivity index (χ1v) is 7.78. The number of benzene rings is 1. The average molecular weight is 487 g/mol. The number of aromatic nitrogens is 2. The van der Waals surface area contributed by atoms with E-state index in [0.29, 0.717) is 13.0 Å². The maximum atomic E-state index is 8.64. The van der Waals surface area contributed by atoms with Crippen molar-refractivity contribution >= 4 is 74.8 Å². The first-order chi connectivity index (χ1) is 8.07. The van der Waals surface area contributed by atoms with Crippen LogP contribution in [0.3, 0.4) is 0 Å². The van der Waals surface area contributed by atoms with E-state index in [9.17, 15) is 0 Å². The van der Waals surface area contributed by atoms with Crippen molar-refractivity contribution in [2.24, 2.45) is 0 Å². The molecule has 0 aliphatic rings. The van der Waals surface area contributed by atoms with Crippen LogP contribution in [0.25, 0.3) is 11.0 Å². The molecule has 2 rings (SSSR count). The summed E-state index contributed by atoms with van der Waals surface area (Å²) in [5.41, 5.74) is 1.84. The number of nitriles is 1. The smallest absolute Gasteiger partial charge is 0.105 e. The number of nitrogens with zero attached hydrogens (tertiary/aromatic N) is 3. The van der Waals surface area contributed by atoms with Crippen LogP contribution in [0.5, 0.6) is 0 Å². The SMILES string of the molecule is N#CCCn1cnc2c(Br)c(Br)c(Br)c(Br)c21. The van der Waals surface area contributed by atoms with Crippen LogP contribution in [0.1, 0.15) is 6.42 Å². The van der Waals surface area contributed by atoms with Crippen molar-refractivity contribution in [2.45, 2.75) is 13.0 Å². The van der Waals surface area contributed by atoms with Crippen LogP contribution in [-0.4, -0.2) is 9.55 Å². The number of hydrogen-bond acceptors (Lipinski definition) is 2. The van der Waals surface area contributed by atoms with E-state index in [-0.39, 0.29) is 0 Å². The largest absolute Gasteiger partial charge is 0.329 e. The summed E-state index contributed by atoms with van der Waals surface area (Å²) >= 11 is 14.1. The monoisotopic (exact) mass is 483 g/mol. The molecule has 0 fully saturated rings. The number of hydrogen-bond donors (Lipinski definition) is 0. The molecule has 0 amide bonds. The summed E-state index contributed by atoms with van der Waals surface area (Å²) in [6.45, 7) is 0.631. The topological polar surface area (TPSA) is 41.6 Å². The zero-order chi connectivity index (χ0) is 12.6. The zero-order valence-electron chi connectivity index (χ0n) is 8.35. The minimum absolute atomic E-state index is 0.462. The molecule has 0 saturated heterocycles. The van der Waals surface area contributed by atoms with Gasteiger partial charge in [-0.15, -0.1) is 0 Å². The third-order valence-corrected chi connectivity index (χ3v) is 7.02. The fourth-order valence-corrected chi connectivity index (χ4v) is 3.92. The Labute approximate surface area is 132 Å². The van der Waals surface area contributed by atoms with E-state index in [1.165, 1.54) is 0 Å². The molecule has 88 valence electrons. The van der Waals surface area contributed by atoms with Gasteiger partial charge in [0.25, 0.3) is 0 Å². The lowest BCUT2D eigenvalue weighted by molar-refractivity contribution is 0.735. The molecule has 1 aromatic carbocycles. The molecule has 7 heteroatoms. The third kappa shape index (κ3) is 2.33. The molecular weight excluding hydrogens is 482 g/mol. The third-order valence-electron chi connectivity index (χ3n) is 2.30.